The molecule has 0 saturated heterocycles. The molecular weight excluding hydrogens is 194 g/mol. The summed E-state index contributed by atoms with van der Waals surface area (Å²) in [5, 5.41) is 0. The molecule has 0 aliphatic rings. The lowest BCUT2D eigenvalue weighted by Crippen LogP contribution is -2.34. The lowest BCUT2D eigenvalue weighted by molar-refractivity contribution is -0.150. The summed E-state index contributed by atoms with van der Waals surface area (Å²) < 4.78 is 10.1. The van der Waals surface area contributed by atoms with Gasteiger partial charge in [0.2, 0.25) is 0 Å². The van der Waals surface area contributed by atoms with Crippen molar-refractivity contribution in [2.45, 2.75) is 51.7 Å². The van der Waals surface area contributed by atoms with Crippen LogP contribution in [-0.4, -0.2) is 31.8 Å². The van der Waals surface area contributed by atoms with Gasteiger partial charge in [-0.1, -0.05) is 13.3 Å². The van der Waals surface area contributed by atoms with Crippen LogP contribution in [-0.2, 0) is 14.3 Å². The van der Waals surface area contributed by atoms with Gasteiger partial charge >= 0.3 is 5.97 Å². The molecule has 0 rings (SSSR count). The Hall–Kier alpha value is -0.610. The zero-order valence-electron chi connectivity index (χ0n) is 9.99. The summed E-state index contributed by atoms with van der Waals surface area (Å²) in [6, 6.07) is -0.514. The molecule has 4 nitrogen and oxygen atoms in total. The van der Waals surface area contributed by atoms with Crippen molar-refractivity contribution in [3.8, 4) is 0 Å². The molecule has 0 aliphatic heterocycles. The van der Waals surface area contributed by atoms with Crippen molar-refractivity contribution in [1.29, 1.82) is 0 Å². The molecule has 0 amide bonds. The van der Waals surface area contributed by atoms with E-state index in [2.05, 4.69) is 6.92 Å². The van der Waals surface area contributed by atoms with Crippen LogP contribution >= 0.6 is 0 Å². The van der Waals surface area contributed by atoms with Crippen LogP contribution in [0.15, 0.2) is 0 Å². The first-order valence-electron chi connectivity index (χ1n) is 5.56. The maximum Gasteiger partial charge on any atom is 0.323 e. The summed E-state index contributed by atoms with van der Waals surface area (Å²) in [5.74, 6) is -0.299. The molecule has 2 atom stereocenters. The maximum absolute atomic E-state index is 11.4. The van der Waals surface area contributed by atoms with E-state index in [0.29, 0.717) is 13.0 Å². The topological polar surface area (TPSA) is 61.5 Å². The van der Waals surface area contributed by atoms with Gasteiger partial charge < -0.3 is 15.2 Å². The smallest absolute Gasteiger partial charge is 0.323 e. The number of carbonyl (C=O) groups excluding carboxylic acids is 1. The summed E-state index contributed by atoms with van der Waals surface area (Å²) in [4.78, 5) is 11.4. The third kappa shape index (κ3) is 7.33. The van der Waals surface area contributed by atoms with Crippen molar-refractivity contribution in [2.75, 3.05) is 13.7 Å². The van der Waals surface area contributed by atoms with Crippen LogP contribution in [0.25, 0.3) is 0 Å². The van der Waals surface area contributed by atoms with Crippen LogP contribution in [0, 0.1) is 0 Å². The van der Waals surface area contributed by atoms with Crippen molar-refractivity contribution >= 4 is 5.97 Å². The molecule has 0 aromatic heterocycles. The third-order valence-corrected chi connectivity index (χ3v) is 2.18. The van der Waals surface area contributed by atoms with Crippen LogP contribution in [0.2, 0.25) is 0 Å². The number of nitrogens with two attached hydrogens (primary N) is 1. The summed E-state index contributed by atoms with van der Waals surface area (Å²) in [5.41, 5.74) is 5.67. The standard InChI is InChI=1S/C11H23NO3/c1-4-6-9(2)15-11(13)10(12)7-5-8-14-3/h9-10H,4-8,12H2,1-3H3. The van der Waals surface area contributed by atoms with Gasteiger partial charge in [-0.25, -0.2) is 0 Å². The molecule has 0 saturated carbocycles. The Balaban J connectivity index is 3.68. The fourth-order valence-corrected chi connectivity index (χ4v) is 1.32. The van der Waals surface area contributed by atoms with E-state index in [1.165, 1.54) is 0 Å². The third-order valence-electron chi connectivity index (χ3n) is 2.18. The largest absolute Gasteiger partial charge is 0.462 e. The van der Waals surface area contributed by atoms with E-state index in [0.717, 1.165) is 19.3 Å². The highest BCUT2D eigenvalue weighted by Crippen LogP contribution is 2.04. The van der Waals surface area contributed by atoms with Gasteiger partial charge in [-0.05, 0) is 26.2 Å². The fraction of sp³-hybridized carbons (Fsp3) is 0.909. The number of rotatable bonds is 8. The van der Waals surface area contributed by atoms with Crippen LogP contribution in [0.5, 0.6) is 0 Å². The number of esters is 1. The summed E-state index contributed by atoms with van der Waals surface area (Å²) in [7, 11) is 1.63. The van der Waals surface area contributed by atoms with Gasteiger partial charge in [-0.15, -0.1) is 0 Å². The van der Waals surface area contributed by atoms with E-state index in [-0.39, 0.29) is 12.1 Å². The second-order valence-electron chi connectivity index (χ2n) is 3.78. The molecule has 0 spiro atoms. The van der Waals surface area contributed by atoms with Gasteiger partial charge in [0.25, 0.3) is 0 Å². The quantitative estimate of drug-likeness (QED) is 0.494. The SMILES string of the molecule is CCCC(C)OC(=O)C(N)CCCOC. The summed E-state index contributed by atoms with van der Waals surface area (Å²) in [6.45, 7) is 4.58. The second-order valence-corrected chi connectivity index (χ2v) is 3.78. The number of carbonyl (C=O) groups is 1. The Morgan fingerprint density at radius 2 is 2.07 bits per heavy atom. The van der Waals surface area contributed by atoms with E-state index < -0.39 is 6.04 Å². The molecule has 2 unspecified atom stereocenters. The van der Waals surface area contributed by atoms with Gasteiger partial charge in [-0.2, -0.15) is 0 Å². The van der Waals surface area contributed by atoms with Crippen molar-refractivity contribution in [3.63, 3.8) is 0 Å². The van der Waals surface area contributed by atoms with E-state index in [1.54, 1.807) is 7.11 Å². The second kappa shape index (κ2) is 8.68. The molecule has 15 heavy (non-hydrogen) atoms. The van der Waals surface area contributed by atoms with Crippen molar-refractivity contribution < 1.29 is 14.3 Å². The molecule has 2 N–H and O–H groups in total. The zero-order valence-corrected chi connectivity index (χ0v) is 9.99. The molecule has 4 heteroatoms. The average Bonchev–Trinajstić information content (AvgIpc) is 2.18. The highest BCUT2D eigenvalue weighted by atomic mass is 16.5. The molecule has 90 valence electrons. The van der Waals surface area contributed by atoms with E-state index in [9.17, 15) is 4.79 Å². The number of hydrogen-bond donors (Lipinski definition) is 1. The van der Waals surface area contributed by atoms with Crippen molar-refractivity contribution in [2.24, 2.45) is 5.73 Å². The predicted molar refractivity (Wildman–Crippen MR) is 59.5 cm³/mol. The van der Waals surface area contributed by atoms with Crippen LogP contribution in [0.3, 0.4) is 0 Å². The van der Waals surface area contributed by atoms with Crippen LogP contribution in [0.4, 0.5) is 0 Å². The molecule has 0 aromatic rings. The Labute approximate surface area is 92.1 Å². The zero-order chi connectivity index (χ0) is 11.7. The maximum atomic E-state index is 11.4. The molecule has 0 fully saturated rings. The lowest BCUT2D eigenvalue weighted by Gasteiger charge is -2.16. The van der Waals surface area contributed by atoms with Gasteiger partial charge in [0.15, 0.2) is 0 Å². The average molecular weight is 217 g/mol. The van der Waals surface area contributed by atoms with E-state index >= 15 is 0 Å². The first kappa shape index (κ1) is 14.4. The fourth-order valence-electron chi connectivity index (χ4n) is 1.32. The molecular formula is C11H23NO3. The first-order valence-corrected chi connectivity index (χ1v) is 5.56. The predicted octanol–water partition coefficient (Wildman–Crippen LogP) is 1.47. The highest BCUT2D eigenvalue weighted by molar-refractivity contribution is 5.75. The minimum Gasteiger partial charge on any atom is -0.462 e. The Morgan fingerprint density at radius 1 is 1.40 bits per heavy atom. The summed E-state index contributed by atoms with van der Waals surface area (Å²) in [6.07, 6.45) is 3.26. The van der Waals surface area contributed by atoms with Crippen molar-refractivity contribution in [3.05, 3.63) is 0 Å². The monoisotopic (exact) mass is 217 g/mol. The Kier molecular flexibility index (Phi) is 8.33. The molecule has 0 heterocycles. The minimum atomic E-state index is -0.514. The van der Waals surface area contributed by atoms with E-state index in [1.807, 2.05) is 6.92 Å². The summed E-state index contributed by atoms with van der Waals surface area (Å²) >= 11 is 0. The molecule has 0 bridgehead atoms. The number of hydrogen-bond acceptors (Lipinski definition) is 4. The highest BCUT2D eigenvalue weighted by Gasteiger charge is 2.16. The first-order chi connectivity index (χ1) is 7.11. The van der Waals surface area contributed by atoms with E-state index in [4.69, 9.17) is 15.2 Å². The molecule has 0 aliphatic carbocycles. The van der Waals surface area contributed by atoms with Crippen LogP contribution < -0.4 is 5.73 Å². The Morgan fingerprint density at radius 3 is 2.60 bits per heavy atom. The number of methoxy groups -OCH3 is 1. The van der Waals surface area contributed by atoms with Gasteiger partial charge in [0.1, 0.15) is 6.04 Å². The number of ether oxygens (including phenoxy) is 2. The Bertz CT molecular complexity index is 173. The van der Waals surface area contributed by atoms with Gasteiger partial charge in [0, 0.05) is 13.7 Å². The minimum absolute atomic E-state index is 0.0315. The lowest BCUT2D eigenvalue weighted by atomic mass is 10.1. The normalized spacial score (nSPS) is 14.7. The molecule has 0 aromatic carbocycles. The molecule has 0 radical (unpaired) electrons. The van der Waals surface area contributed by atoms with Crippen molar-refractivity contribution in [1.82, 2.24) is 0 Å². The van der Waals surface area contributed by atoms with Gasteiger partial charge in [-0.3, -0.25) is 4.79 Å². The van der Waals surface area contributed by atoms with Gasteiger partial charge in [0.05, 0.1) is 6.10 Å². The van der Waals surface area contributed by atoms with Crippen LogP contribution in [0.1, 0.15) is 39.5 Å².